The standard InChI is InChI=1S/C26H41FN6O/c1-29-26-22(6-7-24(30-26)33-11-4-2-3-5-12-33)25(28)23(34)18-20-8-13-31(14-9-20)16-17-32-15-10-21(27)19-32/h6-7,20-21,28H,2-5,8-19H2,1H3,(H,29,30)/t21-/m1/s1. The summed E-state index contributed by atoms with van der Waals surface area (Å²) in [5.74, 6) is 1.78. The molecule has 8 heteroatoms. The van der Waals surface area contributed by atoms with Crippen LogP contribution in [0.25, 0.3) is 0 Å². The van der Waals surface area contributed by atoms with Gasteiger partial charge in [0.25, 0.3) is 0 Å². The Balaban J connectivity index is 1.26. The topological polar surface area (TPSA) is 75.6 Å². The van der Waals surface area contributed by atoms with Crippen molar-refractivity contribution in [1.82, 2.24) is 14.8 Å². The number of carbonyl (C=O) groups excluding carboxylic acids is 1. The van der Waals surface area contributed by atoms with Crippen LogP contribution in [0.15, 0.2) is 12.1 Å². The van der Waals surface area contributed by atoms with Gasteiger partial charge >= 0.3 is 0 Å². The van der Waals surface area contributed by atoms with Crippen LogP contribution in [0, 0.1) is 11.3 Å². The van der Waals surface area contributed by atoms with Crippen molar-refractivity contribution >= 4 is 23.1 Å². The Labute approximate surface area is 203 Å². The van der Waals surface area contributed by atoms with Crippen LogP contribution in [0.5, 0.6) is 0 Å². The molecule has 0 aromatic carbocycles. The van der Waals surface area contributed by atoms with Crippen molar-refractivity contribution in [3.63, 3.8) is 0 Å². The molecule has 1 aromatic rings. The van der Waals surface area contributed by atoms with Gasteiger partial charge < -0.3 is 15.1 Å². The molecule has 4 heterocycles. The summed E-state index contributed by atoms with van der Waals surface area (Å²) in [7, 11) is 1.81. The van der Waals surface area contributed by atoms with E-state index < -0.39 is 6.17 Å². The van der Waals surface area contributed by atoms with E-state index in [0.717, 1.165) is 64.5 Å². The van der Waals surface area contributed by atoms with Crippen molar-refractivity contribution in [3.05, 3.63) is 17.7 Å². The molecule has 2 N–H and O–H groups in total. The van der Waals surface area contributed by atoms with Gasteiger partial charge in [0.1, 0.15) is 23.5 Å². The van der Waals surface area contributed by atoms with Crippen molar-refractivity contribution in [2.24, 2.45) is 5.92 Å². The lowest BCUT2D eigenvalue weighted by atomic mass is 9.89. The monoisotopic (exact) mass is 472 g/mol. The number of anilines is 2. The molecule has 3 aliphatic rings. The number of likely N-dealkylation sites (tertiary alicyclic amines) is 2. The van der Waals surface area contributed by atoms with Crippen LogP contribution in [0.4, 0.5) is 16.0 Å². The average Bonchev–Trinajstić information content (AvgIpc) is 3.09. The van der Waals surface area contributed by atoms with Crippen LogP contribution in [0.2, 0.25) is 0 Å². The normalized spacial score (nSPS) is 23.1. The van der Waals surface area contributed by atoms with E-state index in [1.165, 1.54) is 25.7 Å². The van der Waals surface area contributed by atoms with Gasteiger partial charge in [-0.15, -0.1) is 0 Å². The Morgan fingerprint density at radius 3 is 2.35 bits per heavy atom. The molecule has 0 spiro atoms. The van der Waals surface area contributed by atoms with E-state index in [1.807, 2.05) is 12.1 Å². The SMILES string of the molecule is CNc1nc(N2CCCCCC2)ccc1C(=N)C(=O)CC1CCN(CCN2CC[C@@H](F)C2)CC1. The summed E-state index contributed by atoms with van der Waals surface area (Å²) in [5, 5.41) is 11.7. The zero-order chi connectivity index (χ0) is 23.9. The molecule has 3 fully saturated rings. The van der Waals surface area contributed by atoms with Crippen LogP contribution >= 0.6 is 0 Å². The van der Waals surface area contributed by atoms with Crippen molar-refractivity contribution in [3.8, 4) is 0 Å². The minimum absolute atomic E-state index is 0.0662. The third kappa shape index (κ3) is 6.54. The second-order valence-electron chi connectivity index (χ2n) is 10.2. The molecule has 0 radical (unpaired) electrons. The van der Waals surface area contributed by atoms with Crippen LogP contribution in [-0.4, -0.2) is 91.9 Å². The predicted molar refractivity (Wildman–Crippen MR) is 136 cm³/mol. The number of carbonyl (C=O) groups is 1. The number of nitrogens with zero attached hydrogens (tertiary/aromatic N) is 4. The first kappa shape index (κ1) is 25.0. The van der Waals surface area contributed by atoms with Crippen LogP contribution in [0.1, 0.15) is 56.9 Å². The lowest BCUT2D eigenvalue weighted by molar-refractivity contribution is -0.114. The Morgan fingerprint density at radius 2 is 1.71 bits per heavy atom. The highest BCUT2D eigenvalue weighted by atomic mass is 19.1. The quantitative estimate of drug-likeness (QED) is 0.535. The number of piperidine rings is 1. The smallest absolute Gasteiger partial charge is 0.181 e. The summed E-state index contributed by atoms with van der Waals surface area (Å²) < 4.78 is 13.4. The lowest BCUT2D eigenvalue weighted by Crippen LogP contribution is -2.39. The molecule has 3 aliphatic heterocycles. The van der Waals surface area contributed by atoms with Crippen molar-refractivity contribution < 1.29 is 9.18 Å². The van der Waals surface area contributed by atoms with Crippen molar-refractivity contribution in [2.45, 2.75) is 57.5 Å². The maximum absolute atomic E-state index is 13.4. The summed E-state index contributed by atoms with van der Waals surface area (Å²) in [4.78, 5) is 24.7. The van der Waals surface area contributed by atoms with Gasteiger partial charge in [-0.3, -0.25) is 15.1 Å². The summed E-state index contributed by atoms with van der Waals surface area (Å²) in [5.41, 5.74) is 0.664. The zero-order valence-electron chi connectivity index (χ0n) is 20.7. The predicted octanol–water partition coefficient (Wildman–Crippen LogP) is 3.59. The summed E-state index contributed by atoms with van der Waals surface area (Å²) in [6.45, 7) is 7.34. The van der Waals surface area contributed by atoms with Gasteiger partial charge in [0.2, 0.25) is 0 Å². The number of halogens is 1. The molecule has 0 amide bonds. The summed E-state index contributed by atoms with van der Waals surface area (Å²) in [6, 6.07) is 3.86. The summed E-state index contributed by atoms with van der Waals surface area (Å²) >= 11 is 0. The first-order valence-electron chi connectivity index (χ1n) is 13.2. The number of Topliss-reactive ketones (excluding diaryl/α,β-unsaturated/α-hetero) is 1. The largest absolute Gasteiger partial charge is 0.373 e. The van der Waals surface area contributed by atoms with Gasteiger partial charge in [0, 0.05) is 58.3 Å². The van der Waals surface area contributed by atoms with E-state index in [0.29, 0.717) is 36.7 Å². The van der Waals surface area contributed by atoms with Gasteiger partial charge in [-0.05, 0) is 63.2 Å². The molecule has 7 nitrogen and oxygen atoms in total. The van der Waals surface area contributed by atoms with E-state index >= 15 is 0 Å². The number of aromatic nitrogens is 1. The number of ketones is 1. The molecule has 188 valence electrons. The van der Waals surface area contributed by atoms with Crippen LogP contribution in [-0.2, 0) is 4.79 Å². The molecule has 0 bridgehead atoms. The molecule has 1 aromatic heterocycles. The molecule has 0 saturated carbocycles. The second-order valence-corrected chi connectivity index (χ2v) is 10.2. The maximum atomic E-state index is 13.4. The molecule has 0 aliphatic carbocycles. The Kier molecular flexibility index (Phi) is 8.89. The highest BCUT2D eigenvalue weighted by Gasteiger charge is 2.26. The van der Waals surface area contributed by atoms with E-state index in [9.17, 15) is 9.18 Å². The molecule has 0 unspecified atom stereocenters. The van der Waals surface area contributed by atoms with Gasteiger partial charge in [0.05, 0.1) is 0 Å². The number of rotatable bonds is 9. The molecular weight excluding hydrogens is 431 g/mol. The highest BCUT2D eigenvalue weighted by Crippen LogP contribution is 2.25. The molecule has 1 atom stereocenters. The first-order chi connectivity index (χ1) is 16.5. The van der Waals surface area contributed by atoms with Gasteiger partial charge in [-0.2, -0.15) is 0 Å². The Hall–Kier alpha value is -2.06. The Morgan fingerprint density at radius 1 is 1.03 bits per heavy atom. The van der Waals surface area contributed by atoms with Crippen LogP contribution in [0.3, 0.4) is 0 Å². The van der Waals surface area contributed by atoms with Gasteiger partial charge in [0.15, 0.2) is 5.78 Å². The summed E-state index contributed by atoms with van der Waals surface area (Å²) in [6.07, 6.45) is 7.31. The fourth-order valence-corrected chi connectivity index (χ4v) is 5.52. The third-order valence-corrected chi connectivity index (χ3v) is 7.72. The number of hydrogen-bond donors (Lipinski definition) is 2. The van der Waals surface area contributed by atoms with Crippen LogP contribution < -0.4 is 10.2 Å². The third-order valence-electron chi connectivity index (χ3n) is 7.72. The number of nitrogens with one attached hydrogen (secondary N) is 2. The van der Waals surface area contributed by atoms with E-state index in [2.05, 4.69) is 20.0 Å². The maximum Gasteiger partial charge on any atom is 0.181 e. The number of alkyl halides is 1. The van der Waals surface area contributed by atoms with Gasteiger partial charge in [-0.1, -0.05) is 12.8 Å². The molecule has 34 heavy (non-hydrogen) atoms. The molecule has 4 rings (SSSR count). The van der Waals surface area contributed by atoms with E-state index in [1.54, 1.807) is 7.05 Å². The van der Waals surface area contributed by atoms with E-state index in [4.69, 9.17) is 10.4 Å². The molecule has 3 saturated heterocycles. The Bertz CT molecular complexity index is 833. The fourth-order valence-electron chi connectivity index (χ4n) is 5.52. The lowest BCUT2D eigenvalue weighted by Gasteiger charge is -2.32. The highest BCUT2D eigenvalue weighted by molar-refractivity contribution is 6.45. The number of hydrogen-bond acceptors (Lipinski definition) is 7. The zero-order valence-corrected chi connectivity index (χ0v) is 20.7. The number of pyridine rings is 1. The average molecular weight is 473 g/mol. The van der Waals surface area contributed by atoms with Crippen molar-refractivity contribution in [2.75, 3.05) is 69.6 Å². The van der Waals surface area contributed by atoms with Gasteiger partial charge in [-0.25, -0.2) is 9.37 Å². The van der Waals surface area contributed by atoms with Crippen molar-refractivity contribution in [1.29, 1.82) is 5.41 Å². The van der Waals surface area contributed by atoms with E-state index in [-0.39, 0.29) is 11.5 Å². The minimum Gasteiger partial charge on any atom is -0.373 e. The minimum atomic E-state index is -0.656. The molecular formula is C26H41FN6O. The second kappa shape index (κ2) is 12.1. The first-order valence-corrected chi connectivity index (χ1v) is 13.2. The fraction of sp³-hybridized carbons (Fsp3) is 0.731.